The van der Waals surface area contributed by atoms with E-state index in [2.05, 4.69) is 15.2 Å². The zero-order valence-electron chi connectivity index (χ0n) is 14.9. The van der Waals surface area contributed by atoms with Gasteiger partial charge in [-0.3, -0.25) is 4.79 Å². The van der Waals surface area contributed by atoms with Crippen LogP contribution in [-0.2, 0) is 4.79 Å². The van der Waals surface area contributed by atoms with Gasteiger partial charge in [0.1, 0.15) is 12.3 Å². The van der Waals surface area contributed by atoms with Crippen molar-refractivity contribution in [3.05, 3.63) is 60.8 Å². The summed E-state index contributed by atoms with van der Waals surface area (Å²) in [6.07, 6.45) is 1.62. The maximum Gasteiger partial charge on any atom is 0.246 e. The zero-order chi connectivity index (χ0) is 18.6. The van der Waals surface area contributed by atoms with Crippen molar-refractivity contribution in [2.24, 2.45) is 0 Å². The van der Waals surface area contributed by atoms with Crippen molar-refractivity contribution in [2.45, 2.75) is 0 Å². The summed E-state index contributed by atoms with van der Waals surface area (Å²) in [5, 5.41) is 8.19. The van der Waals surface area contributed by atoms with E-state index < -0.39 is 0 Å². The molecule has 0 atom stereocenters. The van der Waals surface area contributed by atoms with E-state index in [4.69, 9.17) is 4.74 Å². The van der Waals surface area contributed by atoms with Crippen LogP contribution in [0.5, 0.6) is 5.75 Å². The molecule has 0 bridgehead atoms. The molecule has 0 aliphatic carbocycles. The van der Waals surface area contributed by atoms with Crippen LogP contribution in [-0.4, -0.2) is 47.8 Å². The monoisotopic (exact) mass is 361 g/mol. The van der Waals surface area contributed by atoms with E-state index in [9.17, 15) is 4.79 Å². The fourth-order valence-electron chi connectivity index (χ4n) is 3.05. The van der Waals surface area contributed by atoms with Crippen molar-refractivity contribution in [3.63, 3.8) is 0 Å². The Labute approximate surface area is 157 Å². The number of carbonyl (C=O) groups excluding carboxylic acids is 1. The third-order valence-electron chi connectivity index (χ3n) is 4.50. The second kappa shape index (κ2) is 7.41. The number of amides is 1. The second-order valence-corrected chi connectivity index (χ2v) is 6.17. The van der Waals surface area contributed by atoms with E-state index in [1.165, 1.54) is 0 Å². The lowest BCUT2D eigenvalue weighted by atomic mass is 10.1. The van der Waals surface area contributed by atoms with E-state index >= 15 is 0 Å². The van der Waals surface area contributed by atoms with Crippen LogP contribution in [0.15, 0.2) is 60.8 Å². The van der Waals surface area contributed by atoms with E-state index in [0.29, 0.717) is 24.7 Å². The Morgan fingerprint density at radius 1 is 1.00 bits per heavy atom. The molecule has 1 amide bonds. The van der Waals surface area contributed by atoms with Crippen LogP contribution < -0.4 is 14.5 Å². The van der Waals surface area contributed by atoms with Crippen LogP contribution in [0.3, 0.4) is 0 Å². The van der Waals surface area contributed by atoms with Gasteiger partial charge in [0.25, 0.3) is 0 Å². The number of hydrogen-bond acceptors (Lipinski definition) is 6. The predicted molar refractivity (Wildman–Crippen MR) is 103 cm³/mol. The van der Waals surface area contributed by atoms with Gasteiger partial charge >= 0.3 is 0 Å². The number of piperazine rings is 1. The fraction of sp³-hybridized carbons (Fsp3) is 0.200. The van der Waals surface area contributed by atoms with Crippen LogP contribution in [0.4, 0.5) is 11.6 Å². The highest BCUT2D eigenvalue weighted by Gasteiger charge is 2.26. The van der Waals surface area contributed by atoms with Gasteiger partial charge in [0.15, 0.2) is 0 Å². The molecule has 1 aliphatic heterocycles. The number of benzene rings is 2. The van der Waals surface area contributed by atoms with Gasteiger partial charge in [-0.15, -0.1) is 5.10 Å². The van der Waals surface area contributed by atoms with Gasteiger partial charge in [-0.25, -0.2) is 4.98 Å². The molecule has 4 rings (SSSR count). The van der Waals surface area contributed by atoms with Gasteiger partial charge in [0.2, 0.25) is 11.9 Å². The minimum absolute atomic E-state index is 0.0194. The van der Waals surface area contributed by atoms with Crippen molar-refractivity contribution in [3.8, 4) is 17.0 Å². The molecule has 3 aromatic rings. The first-order chi connectivity index (χ1) is 13.2. The quantitative estimate of drug-likeness (QED) is 0.711. The molecule has 1 aliphatic rings. The van der Waals surface area contributed by atoms with Crippen LogP contribution in [0.25, 0.3) is 11.3 Å². The van der Waals surface area contributed by atoms with E-state index in [0.717, 1.165) is 17.0 Å². The molecule has 136 valence electrons. The molecule has 2 heterocycles. The SMILES string of the molecule is COc1ccc(-c2cnnc(N3CCN(c4ccccc4)C(=O)C3)n2)cc1. The average molecular weight is 361 g/mol. The number of hydrogen-bond donors (Lipinski definition) is 0. The lowest BCUT2D eigenvalue weighted by Gasteiger charge is -2.34. The number of nitrogens with zero attached hydrogens (tertiary/aromatic N) is 5. The maximum atomic E-state index is 12.6. The molecular weight excluding hydrogens is 342 g/mol. The Hall–Kier alpha value is -3.48. The first kappa shape index (κ1) is 17.0. The molecule has 0 spiro atoms. The second-order valence-electron chi connectivity index (χ2n) is 6.17. The highest BCUT2D eigenvalue weighted by Crippen LogP contribution is 2.23. The molecule has 1 fully saturated rings. The first-order valence-electron chi connectivity index (χ1n) is 8.69. The lowest BCUT2D eigenvalue weighted by molar-refractivity contribution is -0.117. The molecule has 1 aromatic heterocycles. The smallest absolute Gasteiger partial charge is 0.246 e. The molecule has 0 unspecified atom stereocenters. The molecule has 27 heavy (non-hydrogen) atoms. The summed E-state index contributed by atoms with van der Waals surface area (Å²) in [7, 11) is 1.63. The number of carbonyl (C=O) groups is 1. The summed E-state index contributed by atoms with van der Waals surface area (Å²) in [6.45, 7) is 1.45. The Morgan fingerprint density at radius 2 is 1.78 bits per heavy atom. The first-order valence-corrected chi connectivity index (χ1v) is 8.69. The molecule has 1 saturated heterocycles. The third-order valence-corrected chi connectivity index (χ3v) is 4.50. The van der Waals surface area contributed by atoms with Crippen molar-refractivity contribution in [1.29, 1.82) is 0 Å². The molecule has 0 N–H and O–H groups in total. The fourth-order valence-corrected chi connectivity index (χ4v) is 3.05. The minimum atomic E-state index is 0.0194. The number of methoxy groups -OCH3 is 1. The van der Waals surface area contributed by atoms with Gasteiger partial charge in [0.05, 0.1) is 19.0 Å². The van der Waals surface area contributed by atoms with Gasteiger partial charge < -0.3 is 14.5 Å². The summed E-state index contributed by atoms with van der Waals surface area (Å²) < 4.78 is 5.18. The zero-order valence-corrected chi connectivity index (χ0v) is 14.9. The molecule has 7 nitrogen and oxygen atoms in total. The number of rotatable bonds is 4. The standard InChI is InChI=1S/C20H19N5O2/c1-27-17-9-7-15(8-10-17)18-13-21-23-20(22-18)24-11-12-25(19(26)14-24)16-5-3-2-4-6-16/h2-10,13H,11-12,14H2,1H3. The van der Waals surface area contributed by atoms with Crippen molar-refractivity contribution >= 4 is 17.5 Å². The van der Waals surface area contributed by atoms with Gasteiger partial charge in [-0.05, 0) is 36.4 Å². The normalized spacial score (nSPS) is 14.3. The summed E-state index contributed by atoms with van der Waals surface area (Å²) in [5.41, 5.74) is 2.54. The molecule has 2 aromatic carbocycles. The Balaban J connectivity index is 1.52. The van der Waals surface area contributed by atoms with E-state index in [1.807, 2.05) is 59.5 Å². The summed E-state index contributed by atoms with van der Waals surface area (Å²) in [4.78, 5) is 20.8. The molecule has 0 saturated carbocycles. The molecule has 7 heteroatoms. The molecular formula is C20H19N5O2. The number of ether oxygens (including phenoxy) is 1. The summed E-state index contributed by atoms with van der Waals surface area (Å²) in [6, 6.07) is 17.3. The van der Waals surface area contributed by atoms with Gasteiger partial charge in [-0.1, -0.05) is 18.2 Å². The topological polar surface area (TPSA) is 71.5 Å². The summed E-state index contributed by atoms with van der Waals surface area (Å²) in [5.74, 6) is 1.26. The van der Waals surface area contributed by atoms with Gasteiger partial charge in [0, 0.05) is 24.3 Å². The van der Waals surface area contributed by atoms with Crippen LogP contribution in [0, 0.1) is 0 Å². The van der Waals surface area contributed by atoms with Crippen molar-refractivity contribution < 1.29 is 9.53 Å². The summed E-state index contributed by atoms with van der Waals surface area (Å²) >= 11 is 0. The number of para-hydroxylation sites is 1. The van der Waals surface area contributed by atoms with Gasteiger partial charge in [-0.2, -0.15) is 5.10 Å². The number of anilines is 2. The van der Waals surface area contributed by atoms with Crippen LogP contribution in [0.2, 0.25) is 0 Å². The predicted octanol–water partition coefficient (Wildman–Crippen LogP) is 2.40. The highest BCUT2D eigenvalue weighted by atomic mass is 16.5. The highest BCUT2D eigenvalue weighted by molar-refractivity contribution is 5.97. The van der Waals surface area contributed by atoms with Crippen LogP contribution in [0.1, 0.15) is 0 Å². The minimum Gasteiger partial charge on any atom is -0.497 e. The van der Waals surface area contributed by atoms with Crippen molar-refractivity contribution in [2.75, 3.05) is 36.5 Å². The Kier molecular flexibility index (Phi) is 4.65. The largest absolute Gasteiger partial charge is 0.497 e. The van der Waals surface area contributed by atoms with E-state index in [1.54, 1.807) is 18.2 Å². The third kappa shape index (κ3) is 3.57. The average Bonchev–Trinajstić information content (AvgIpc) is 2.74. The number of aromatic nitrogens is 3. The lowest BCUT2D eigenvalue weighted by Crippen LogP contribution is -2.51. The Morgan fingerprint density at radius 3 is 2.48 bits per heavy atom. The van der Waals surface area contributed by atoms with Crippen LogP contribution >= 0.6 is 0 Å². The molecule has 0 radical (unpaired) electrons. The van der Waals surface area contributed by atoms with Crippen molar-refractivity contribution in [1.82, 2.24) is 15.2 Å². The maximum absolute atomic E-state index is 12.6. The Bertz CT molecular complexity index is 931. The van der Waals surface area contributed by atoms with E-state index in [-0.39, 0.29) is 12.5 Å².